The molecule has 1 N–H and O–H groups in total. The number of hydrogen-bond acceptors (Lipinski definition) is 3. The normalized spacial score (nSPS) is 22.9. The van der Waals surface area contributed by atoms with Crippen molar-refractivity contribution in [2.75, 3.05) is 39.8 Å². The molecule has 0 spiro atoms. The van der Waals surface area contributed by atoms with Gasteiger partial charge in [-0.05, 0) is 46.6 Å². The second kappa shape index (κ2) is 7.61. The molecule has 0 radical (unpaired) electrons. The minimum Gasteiger partial charge on any atom is -0.313 e. The van der Waals surface area contributed by atoms with E-state index in [1.54, 1.807) is 0 Å². The van der Waals surface area contributed by atoms with Gasteiger partial charge in [0.2, 0.25) is 0 Å². The van der Waals surface area contributed by atoms with Gasteiger partial charge < -0.3 is 5.32 Å². The van der Waals surface area contributed by atoms with E-state index in [2.05, 4.69) is 56.8 Å². The van der Waals surface area contributed by atoms with Crippen molar-refractivity contribution in [1.82, 2.24) is 15.1 Å². The summed E-state index contributed by atoms with van der Waals surface area (Å²) in [5, 5.41) is 3.67. The average molecular weight is 269 g/mol. The third-order valence-electron chi connectivity index (χ3n) is 4.49. The van der Waals surface area contributed by atoms with Gasteiger partial charge in [-0.1, -0.05) is 13.8 Å². The molecule has 1 aliphatic heterocycles. The molecule has 114 valence electrons. The van der Waals surface area contributed by atoms with E-state index in [0.29, 0.717) is 11.6 Å². The van der Waals surface area contributed by atoms with Crippen LogP contribution >= 0.6 is 0 Å². The predicted octanol–water partition coefficient (Wildman–Crippen LogP) is 2.43. The first-order valence-electron chi connectivity index (χ1n) is 7.98. The van der Waals surface area contributed by atoms with Gasteiger partial charge in [0, 0.05) is 44.3 Å². The van der Waals surface area contributed by atoms with Crippen LogP contribution in [0.2, 0.25) is 0 Å². The Hall–Kier alpha value is -0.120. The lowest BCUT2D eigenvalue weighted by Crippen LogP contribution is -2.58. The number of piperazine rings is 1. The molecule has 1 atom stereocenters. The number of rotatable bonds is 7. The molecule has 1 saturated heterocycles. The van der Waals surface area contributed by atoms with Crippen LogP contribution in [-0.4, -0.2) is 61.2 Å². The van der Waals surface area contributed by atoms with Gasteiger partial charge in [-0.15, -0.1) is 0 Å². The lowest BCUT2D eigenvalue weighted by atomic mass is 10.00. The molecule has 1 aliphatic rings. The molecule has 0 aromatic heterocycles. The monoisotopic (exact) mass is 269 g/mol. The number of likely N-dealkylation sites (N-methyl/N-ethyl adjacent to an activating group) is 1. The maximum Gasteiger partial charge on any atom is 0.0277 e. The summed E-state index contributed by atoms with van der Waals surface area (Å²) >= 11 is 0. The highest BCUT2D eigenvalue weighted by molar-refractivity contribution is 4.88. The van der Waals surface area contributed by atoms with Gasteiger partial charge in [-0.25, -0.2) is 0 Å². The van der Waals surface area contributed by atoms with E-state index in [9.17, 15) is 0 Å². The quantitative estimate of drug-likeness (QED) is 0.766. The van der Waals surface area contributed by atoms with Crippen molar-refractivity contribution in [3.8, 4) is 0 Å². The Labute approximate surface area is 120 Å². The predicted molar refractivity (Wildman–Crippen MR) is 84.7 cm³/mol. The first-order valence-corrected chi connectivity index (χ1v) is 7.98. The Morgan fingerprint density at radius 1 is 1.11 bits per heavy atom. The van der Waals surface area contributed by atoms with Crippen molar-refractivity contribution < 1.29 is 0 Å². The van der Waals surface area contributed by atoms with E-state index >= 15 is 0 Å². The molecule has 0 aromatic carbocycles. The van der Waals surface area contributed by atoms with Crippen LogP contribution < -0.4 is 5.32 Å². The van der Waals surface area contributed by atoms with Crippen LogP contribution in [0, 0.1) is 5.92 Å². The summed E-state index contributed by atoms with van der Waals surface area (Å²) in [6, 6.07) is 0.655. The molecule has 1 unspecified atom stereocenters. The number of nitrogens with one attached hydrogen (secondary N) is 1. The summed E-state index contributed by atoms with van der Waals surface area (Å²) in [4.78, 5) is 5.07. The second-order valence-corrected chi connectivity index (χ2v) is 7.34. The largest absolute Gasteiger partial charge is 0.313 e. The van der Waals surface area contributed by atoms with Gasteiger partial charge in [-0.2, -0.15) is 0 Å². The summed E-state index contributed by atoms with van der Waals surface area (Å²) in [5.41, 5.74) is 0.321. The number of nitrogens with zero attached hydrogens (tertiary/aromatic N) is 2. The van der Waals surface area contributed by atoms with Crippen LogP contribution in [0.4, 0.5) is 0 Å². The second-order valence-electron chi connectivity index (χ2n) is 7.34. The van der Waals surface area contributed by atoms with Crippen molar-refractivity contribution >= 4 is 0 Å². The summed E-state index contributed by atoms with van der Waals surface area (Å²) in [6.07, 6.45) is 2.63. The zero-order valence-corrected chi connectivity index (χ0v) is 14.0. The van der Waals surface area contributed by atoms with Crippen molar-refractivity contribution in [3.63, 3.8) is 0 Å². The van der Waals surface area contributed by atoms with Crippen LogP contribution in [-0.2, 0) is 0 Å². The van der Waals surface area contributed by atoms with Gasteiger partial charge in [0.1, 0.15) is 0 Å². The Kier molecular flexibility index (Phi) is 6.78. The summed E-state index contributed by atoms with van der Waals surface area (Å²) in [7, 11) is 2.24. The molecule has 0 aliphatic carbocycles. The van der Waals surface area contributed by atoms with Crippen molar-refractivity contribution in [3.05, 3.63) is 0 Å². The fraction of sp³-hybridized carbons (Fsp3) is 1.00. The highest BCUT2D eigenvalue weighted by atomic mass is 15.3. The smallest absolute Gasteiger partial charge is 0.0277 e. The van der Waals surface area contributed by atoms with E-state index < -0.39 is 0 Å². The van der Waals surface area contributed by atoms with Crippen LogP contribution in [0.25, 0.3) is 0 Å². The molecular formula is C16H35N3. The van der Waals surface area contributed by atoms with Gasteiger partial charge in [-0.3, -0.25) is 9.80 Å². The van der Waals surface area contributed by atoms with E-state index in [0.717, 1.165) is 12.5 Å². The maximum absolute atomic E-state index is 3.67. The van der Waals surface area contributed by atoms with Crippen molar-refractivity contribution in [2.45, 2.75) is 59.0 Å². The van der Waals surface area contributed by atoms with Crippen LogP contribution in [0.3, 0.4) is 0 Å². The van der Waals surface area contributed by atoms with Gasteiger partial charge >= 0.3 is 0 Å². The zero-order chi connectivity index (χ0) is 14.5. The molecule has 1 fully saturated rings. The summed E-state index contributed by atoms with van der Waals surface area (Å²) < 4.78 is 0. The SMILES string of the molecule is CC(C)CCC(C)NCCN1CCN(C)C(C)(C)C1. The van der Waals surface area contributed by atoms with Crippen LogP contribution in [0.1, 0.15) is 47.5 Å². The maximum atomic E-state index is 3.67. The minimum absolute atomic E-state index is 0.321. The van der Waals surface area contributed by atoms with Crippen LogP contribution in [0.5, 0.6) is 0 Å². The van der Waals surface area contributed by atoms with Gasteiger partial charge in [0.25, 0.3) is 0 Å². The lowest BCUT2D eigenvalue weighted by molar-refractivity contribution is 0.0404. The van der Waals surface area contributed by atoms with E-state index in [1.165, 1.54) is 39.0 Å². The molecule has 0 bridgehead atoms. The lowest BCUT2D eigenvalue weighted by Gasteiger charge is -2.45. The van der Waals surface area contributed by atoms with Crippen molar-refractivity contribution in [2.24, 2.45) is 5.92 Å². The Morgan fingerprint density at radius 3 is 2.37 bits per heavy atom. The topological polar surface area (TPSA) is 18.5 Å². The molecule has 1 rings (SSSR count). The van der Waals surface area contributed by atoms with Crippen LogP contribution in [0.15, 0.2) is 0 Å². The number of hydrogen-bond donors (Lipinski definition) is 1. The van der Waals surface area contributed by atoms with E-state index in [4.69, 9.17) is 0 Å². The molecule has 1 heterocycles. The fourth-order valence-electron chi connectivity index (χ4n) is 2.69. The zero-order valence-electron chi connectivity index (χ0n) is 14.0. The van der Waals surface area contributed by atoms with Gasteiger partial charge in [0.15, 0.2) is 0 Å². The highest BCUT2D eigenvalue weighted by Crippen LogP contribution is 2.18. The van der Waals surface area contributed by atoms with Gasteiger partial charge in [0.05, 0.1) is 0 Å². The fourth-order valence-corrected chi connectivity index (χ4v) is 2.69. The third-order valence-corrected chi connectivity index (χ3v) is 4.49. The van der Waals surface area contributed by atoms with Crippen molar-refractivity contribution in [1.29, 1.82) is 0 Å². The van der Waals surface area contributed by atoms with E-state index in [-0.39, 0.29) is 0 Å². The molecule has 3 nitrogen and oxygen atoms in total. The Balaban J connectivity index is 2.16. The molecule has 0 aromatic rings. The summed E-state index contributed by atoms with van der Waals surface area (Å²) in [6.45, 7) is 17.5. The summed E-state index contributed by atoms with van der Waals surface area (Å²) in [5.74, 6) is 0.822. The third kappa shape index (κ3) is 6.24. The molecule has 19 heavy (non-hydrogen) atoms. The first-order chi connectivity index (χ1) is 8.81. The molecule has 3 heteroatoms. The Morgan fingerprint density at radius 2 is 1.79 bits per heavy atom. The molecule has 0 amide bonds. The molecule has 0 saturated carbocycles. The standard InChI is InChI=1S/C16H35N3/c1-14(2)7-8-15(3)17-9-10-19-12-11-18(6)16(4,5)13-19/h14-15,17H,7-13H2,1-6H3. The van der Waals surface area contributed by atoms with E-state index in [1.807, 2.05) is 0 Å². The Bertz CT molecular complexity index is 250. The first kappa shape index (κ1) is 16.9. The minimum atomic E-state index is 0.321. The average Bonchev–Trinajstić information content (AvgIpc) is 2.31. The highest BCUT2D eigenvalue weighted by Gasteiger charge is 2.30. The molecular weight excluding hydrogens is 234 g/mol.